The molecule has 4 rings (SSSR count). The third-order valence-corrected chi connectivity index (χ3v) is 5.67. The minimum Gasteiger partial charge on any atom is -0.507 e. The van der Waals surface area contributed by atoms with Gasteiger partial charge in [0.1, 0.15) is 23.8 Å². The molecule has 3 atom stereocenters. The Hall–Kier alpha value is -3.36. The Bertz CT molecular complexity index is 1230. The molecule has 0 unspecified atom stereocenters. The second-order valence-corrected chi connectivity index (χ2v) is 8.28. The Morgan fingerprint density at radius 1 is 1.32 bits per heavy atom. The molecule has 3 heterocycles. The van der Waals surface area contributed by atoms with Crippen LogP contribution in [-0.2, 0) is 14.9 Å². The number of nitrogens with zero attached hydrogens (tertiary/aromatic N) is 4. The molecule has 31 heavy (non-hydrogen) atoms. The number of para-hydroxylation sites is 1. The molecule has 12 nitrogen and oxygen atoms in total. The van der Waals surface area contributed by atoms with Crippen molar-refractivity contribution in [3.63, 3.8) is 0 Å². The van der Waals surface area contributed by atoms with Gasteiger partial charge in [0.05, 0.1) is 18.0 Å². The van der Waals surface area contributed by atoms with Crippen LogP contribution in [-0.4, -0.2) is 57.8 Å². The Kier molecular flexibility index (Phi) is 5.43. The van der Waals surface area contributed by atoms with Crippen molar-refractivity contribution in [3.8, 4) is 5.75 Å². The van der Waals surface area contributed by atoms with Crippen LogP contribution in [0, 0.1) is 0 Å². The van der Waals surface area contributed by atoms with Crippen molar-refractivity contribution in [1.29, 1.82) is 0 Å². The molecule has 0 aliphatic carbocycles. The van der Waals surface area contributed by atoms with E-state index in [-0.39, 0.29) is 35.7 Å². The monoisotopic (exact) mass is 451 g/mol. The summed E-state index contributed by atoms with van der Waals surface area (Å²) < 4.78 is 49.9. The number of nitrogens with two attached hydrogens (primary N) is 1. The molecule has 1 fully saturated rings. The van der Waals surface area contributed by atoms with E-state index in [2.05, 4.69) is 19.7 Å². The summed E-state index contributed by atoms with van der Waals surface area (Å²) in [7, 11) is -4.28. The lowest BCUT2D eigenvalue weighted by molar-refractivity contribution is -0.0139. The number of aromatic nitrogens is 4. The number of nitrogens with one attached hydrogen (secondary N) is 2. The van der Waals surface area contributed by atoms with Crippen molar-refractivity contribution in [3.05, 3.63) is 42.5 Å². The first-order chi connectivity index (χ1) is 14.7. The van der Waals surface area contributed by atoms with E-state index in [1.165, 1.54) is 41.5 Å². The van der Waals surface area contributed by atoms with Crippen molar-refractivity contribution in [2.24, 2.45) is 0 Å². The quantitative estimate of drug-likeness (QED) is 0.402. The van der Waals surface area contributed by atoms with Gasteiger partial charge >= 0.3 is 10.2 Å². The van der Waals surface area contributed by atoms with Crippen LogP contribution in [0.4, 0.5) is 10.2 Å². The van der Waals surface area contributed by atoms with E-state index >= 15 is 0 Å². The fraction of sp³-hybridized carbons (Fsp3) is 0.294. The Balaban J connectivity index is 1.40. The summed E-state index contributed by atoms with van der Waals surface area (Å²) in [5, 5.41) is 9.66. The SMILES string of the molecule is Nc1ncnc2c1ncn2[C@@H]1O[C@H](CNS(=O)(=O)NC(=O)c2ccccc2O)C[C@H]1F. The van der Waals surface area contributed by atoms with Gasteiger partial charge in [0.2, 0.25) is 0 Å². The summed E-state index contributed by atoms with van der Waals surface area (Å²) in [6.45, 7) is -0.288. The van der Waals surface area contributed by atoms with E-state index in [9.17, 15) is 22.7 Å². The maximum Gasteiger partial charge on any atom is 0.301 e. The van der Waals surface area contributed by atoms with Crippen LogP contribution in [0.25, 0.3) is 11.2 Å². The van der Waals surface area contributed by atoms with Gasteiger partial charge in [-0.2, -0.15) is 13.1 Å². The van der Waals surface area contributed by atoms with Crippen LogP contribution in [0.15, 0.2) is 36.9 Å². The second-order valence-electron chi connectivity index (χ2n) is 6.78. The van der Waals surface area contributed by atoms with Crippen molar-refractivity contribution in [1.82, 2.24) is 29.0 Å². The number of imidazole rings is 1. The van der Waals surface area contributed by atoms with Gasteiger partial charge in [0.25, 0.3) is 5.91 Å². The zero-order chi connectivity index (χ0) is 22.2. The molecule has 14 heteroatoms. The maximum atomic E-state index is 14.6. The lowest BCUT2D eigenvalue weighted by Crippen LogP contribution is -2.43. The minimum atomic E-state index is -4.28. The first-order valence-electron chi connectivity index (χ1n) is 9.07. The van der Waals surface area contributed by atoms with Gasteiger partial charge in [0, 0.05) is 13.0 Å². The number of hydrogen-bond acceptors (Lipinski definition) is 9. The summed E-state index contributed by atoms with van der Waals surface area (Å²) in [4.78, 5) is 24.0. The number of carbonyl (C=O) groups excluding carboxylic acids is 1. The number of rotatable bonds is 6. The number of nitrogen functional groups attached to an aromatic ring is 1. The zero-order valence-corrected chi connectivity index (χ0v) is 16.7. The Morgan fingerprint density at radius 3 is 2.87 bits per heavy atom. The van der Waals surface area contributed by atoms with E-state index in [1.807, 2.05) is 0 Å². The number of phenols is 1. The molecule has 164 valence electrons. The molecule has 3 aromatic rings. The van der Waals surface area contributed by atoms with Crippen molar-refractivity contribution in [2.75, 3.05) is 12.3 Å². The van der Waals surface area contributed by atoms with Crippen LogP contribution < -0.4 is 15.2 Å². The van der Waals surface area contributed by atoms with Crippen LogP contribution >= 0.6 is 0 Å². The van der Waals surface area contributed by atoms with Crippen LogP contribution in [0.2, 0.25) is 0 Å². The van der Waals surface area contributed by atoms with Gasteiger partial charge in [-0.15, -0.1) is 0 Å². The molecule has 2 aromatic heterocycles. The Morgan fingerprint density at radius 2 is 2.10 bits per heavy atom. The van der Waals surface area contributed by atoms with Crippen molar-refractivity contribution >= 4 is 33.1 Å². The predicted molar refractivity (Wildman–Crippen MR) is 106 cm³/mol. The third-order valence-electron chi connectivity index (χ3n) is 4.67. The molecule has 0 saturated carbocycles. The Labute approximate surface area is 175 Å². The highest BCUT2D eigenvalue weighted by Gasteiger charge is 2.38. The highest BCUT2D eigenvalue weighted by atomic mass is 32.2. The first-order valence-corrected chi connectivity index (χ1v) is 10.6. The number of phenolic OH excluding ortho intramolecular Hbond substituents is 1. The summed E-state index contributed by atoms with van der Waals surface area (Å²) in [5.41, 5.74) is 6.11. The van der Waals surface area contributed by atoms with Gasteiger partial charge < -0.3 is 15.6 Å². The number of amides is 1. The van der Waals surface area contributed by atoms with Crippen LogP contribution in [0.1, 0.15) is 23.0 Å². The minimum absolute atomic E-state index is 0.0964. The average molecular weight is 451 g/mol. The number of anilines is 1. The lowest BCUT2D eigenvalue weighted by Gasteiger charge is -2.16. The topological polar surface area (TPSA) is 174 Å². The fourth-order valence-electron chi connectivity index (χ4n) is 3.21. The molecule has 1 aliphatic rings. The molecule has 1 aromatic carbocycles. The molecule has 0 bridgehead atoms. The normalized spacial score (nSPS) is 21.4. The maximum absolute atomic E-state index is 14.6. The summed E-state index contributed by atoms with van der Waals surface area (Å²) in [6.07, 6.45) is -0.902. The average Bonchev–Trinajstić information content (AvgIpc) is 3.30. The van der Waals surface area contributed by atoms with E-state index in [0.29, 0.717) is 5.52 Å². The summed E-state index contributed by atoms with van der Waals surface area (Å²) in [6, 6.07) is 5.48. The number of carbonyl (C=O) groups is 1. The van der Waals surface area contributed by atoms with E-state index in [0.717, 1.165) is 0 Å². The highest BCUT2D eigenvalue weighted by molar-refractivity contribution is 7.88. The van der Waals surface area contributed by atoms with Crippen molar-refractivity contribution < 1.29 is 27.4 Å². The zero-order valence-electron chi connectivity index (χ0n) is 15.8. The lowest BCUT2D eigenvalue weighted by atomic mass is 10.2. The van der Waals surface area contributed by atoms with Crippen molar-refractivity contribution in [2.45, 2.75) is 24.9 Å². The summed E-state index contributed by atoms with van der Waals surface area (Å²) >= 11 is 0. The number of hydrogen-bond donors (Lipinski definition) is 4. The number of aromatic hydroxyl groups is 1. The smallest absolute Gasteiger partial charge is 0.301 e. The fourth-order valence-corrected chi connectivity index (χ4v) is 4.05. The molecule has 0 radical (unpaired) electrons. The predicted octanol–water partition coefficient (Wildman–Crippen LogP) is 0.00410. The number of ether oxygens (including phenoxy) is 1. The largest absolute Gasteiger partial charge is 0.507 e. The molecular weight excluding hydrogens is 433 g/mol. The number of alkyl halides is 1. The molecule has 1 saturated heterocycles. The number of halogens is 1. The first kappa shape index (κ1) is 20.9. The number of benzene rings is 1. The van der Waals surface area contributed by atoms with E-state index in [4.69, 9.17) is 10.5 Å². The van der Waals surface area contributed by atoms with Crippen LogP contribution in [0.5, 0.6) is 5.75 Å². The van der Waals surface area contributed by atoms with Gasteiger partial charge in [0.15, 0.2) is 17.7 Å². The third kappa shape index (κ3) is 4.26. The van der Waals surface area contributed by atoms with Gasteiger partial charge in [-0.05, 0) is 12.1 Å². The van der Waals surface area contributed by atoms with Crippen LogP contribution in [0.3, 0.4) is 0 Å². The standard InChI is InChI=1S/C17H18FN7O5S/c18-11-5-9(30-17(11)25-8-22-13-14(19)20-7-21-15(13)25)6-23-31(28,29)24-16(27)10-3-1-2-4-12(10)26/h1-4,7-9,11,17,23,26H,5-6H2,(H,24,27)(H2,19,20,21)/t9-,11+,17+/m0/s1. The summed E-state index contributed by atoms with van der Waals surface area (Å²) in [5.74, 6) is -1.24. The number of fused-ring (bicyclic) bond motifs is 1. The van der Waals surface area contributed by atoms with E-state index < -0.39 is 34.6 Å². The molecular formula is C17H18FN7O5S. The van der Waals surface area contributed by atoms with Gasteiger partial charge in [-0.3, -0.25) is 9.36 Å². The van der Waals surface area contributed by atoms with Gasteiger partial charge in [-0.1, -0.05) is 12.1 Å². The molecule has 5 N–H and O–H groups in total. The van der Waals surface area contributed by atoms with Gasteiger partial charge in [-0.25, -0.2) is 24.1 Å². The van der Waals surface area contributed by atoms with E-state index in [1.54, 1.807) is 4.72 Å². The highest BCUT2D eigenvalue weighted by Crippen LogP contribution is 2.33. The molecule has 1 amide bonds. The molecule has 0 spiro atoms. The second kappa shape index (κ2) is 8.05. The molecule has 1 aliphatic heterocycles.